The summed E-state index contributed by atoms with van der Waals surface area (Å²) >= 11 is 0. The van der Waals surface area contributed by atoms with Crippen LogP contribution in [0, 0.1) is 0 Å². The number of carbonyl (C=O) groups is 2. The first-order valence-corrected chi connectivity index (χ1v) is 16.0. The van der Waals surface area contributed by atoms with Gasteiger partial charge in [-0.2, -0.15) is 0 Å². The Balaban J connectivity index is 1.38. The third-order valence-corrected chi connectivity index (χ3v) is 7.63. The summed E-state index contributed by atoms with van der Waals surface area (Å²) < 4.78 is 5.79. The number of aromatic nitrogens is 3. The van der Waals surface area contributed by atoms with Gasteiger partial charge in [0.2, 0.25) is 5.91 Å². The van der Waals surface area contributed by atoms with E-state index in [1.165, 1.54) is 36.7 Å². The number of fused-ring (bicyclic) bond motifs is 1. The molecule has 1 amide bonds. The lowest BCUT2D eigenvalue weighted by Crippen LogP contribution is -2.41. The second-order valence-electron chi connectivity index (χ2n) is 12.5. The highest BCUT2D eigenvalue weighted by atomic mass is 16.6. The number of nitrogens with one attached hydrogen (secondary N) is 2. The fourth-order valence-corrected chi connectivity index (χ4v) is 5.41. The Morgan fingerprint density at radius 1 is 0.955 bits per heavy atom. The molecule has 2 N–H and O–H groups in total. The van der Waals surface area contributed by atoms with Crippen LogP contribution in [-0.4, -0.2) is 69.6 Å². The number of anilines is 1. The lowest BCUT2D eigenvalue weighted by atomic mass is 9.95. The van der Waals surface area contributed by atoms with Crippen molar-refractivity contribution in [3.05, 3.63) is 71.7 Å². The number of carbonyl (C=O) groups excluding carboxylic acids is 2. The second-order valence-corrected chi connectivity index (χ2v) is 12.5. The summed E-state index contributed by atoms with van der Waals surface area (Å²) in [6.45, 7) is 9.92. The number of ether oxygens (including phenoxy) is 1. The molecule has 4 rings (SSSR count). The molecule has 2 aromatic heterocycles. The van der Waals surface area contributed by atoms with Crippen LogP contribution < -0.4 is 10.6 Å². The number of hydrogen-bond donors (Lipinski definition) is 2. The average Bonchev–Trinajstić information content (AvgIpc) is 3.00. The quantitative estimate of drug-likeness (QED) is 0.177. The third kappa shape index (κ3) is 11.0. The highest BCUT2D eigenvalue weighted by molar-refractivity contribution is 5.79. The molecule has 0 bridgehead atoms. The molecule has 9 heteroatoms. The standard InChI is InChI=1S/C35H48N6O3/c1-26(42)36-22-25-41(23-11-10-15-29-18-17-27-12-8-9-16-30(27)38-29)24-20-31(34(43)44-35(2,3)4)39-32-19-21-37-33(40-32)28-13-6-5-7-14-28/h5-7,13-14,17-19,21,31H,8-12,15-16,20,22-25H2,1-4H3,(H,36,42)(H,37,39,40)/t31-/m0/s1. The maximum Gasteiger partial charge on any atom is 0.329 e. The van der Waals surface area contributed by atoms with Gasteiger partial charge in [0.05, 0.1) is 0 Å². The number of amides is 1. The summed E-state index contributed by atoms with van der Waals surface area (Å²) in [6.07, 6.45) is 9.93. The largest absolute Gasteiger partial charge is 0.458 e. The number of hydrogen-bond acceptors (Lipinski definition) is 8. The lowest BCUT2D eigenvalue weighted by molar-refractivity contribution is -0.156. The molecule has 9 nitrogen and oxygen atoms in total. The molecule has 1 atom stereocenters. The van der Waals surface area contributed by atoms with Gasteiger partial charge in [0.15, 0.2) is 5.82 Å². The second kappa shape index (κ2) is 16.3. The van der Waals surface area contributed by atoms with Gasteiger partial charge in [-0.1, -0.05) is 36.4 Å². The van der Waals surface area contributed by atoms with Gasteiger partial charge >= 0.3 is 5.97 Å². The first-order chi connectivity index (χ1) is 21.2. The van der Waals surface area contributed by atoms with Gasteiger partial charge in [-0.25, -0.2) is 14.8 Å². The SMILES string of the molecule is CC(=O)NCCN(CCCCc1ccc2c(n1)CCCC2)CC[C@H](Nc1ccnc(-c2ccccc2)n1)C(=O)OC(C)(C)C. The minimum Gasteiger partial charge on any atom is -0.458 e. The van der Waals surface area contributed by atoms with Crippen LogP contribution in [0.1, 0.15) is 76.8 Å². The van der Waals surface area contributed by atoms with Crippen LogP contribution in [0.5, 0.6) is 0 Å². The molecule has 3 aromatic rings. The van der Waals surface area contributed by atoms with Gasteiger partial charge in [0.25, 0.3) is 0 Å². The van der Waals surface area contributed by atoms with Crippen LogP contribution in [0.15, 0.2) is 54.7 Å². The summed E-state index contributed by atoms with van der Waals surface area (Å²) in [6, 6.07) is 15.4. The molecule has 44 heavy (non-hydrogen) atoms. The van der Waals surface area contributed by atoms with Crippen LogP contribution in [0.2, 0.25) is 0 Å². The Kier molecular flexibility index (Phi) is 12.2. The van der Waals surface area contributed by atoms with Crippen LogP contribution in [-0.2, 0) is 33.6 Å². The van der Waals surface area contributed by atoms with Gasteiger partial charge in [-0.3, -0.25) is 9.78 Å². The number of rotatable bonds is 15. The summed E-state index contributed by atoms with van der Waals surface area (Å²) in [5, 5.41) is 6.23. The highest BCUT2D eigenvalue weighted by Gasteiger charge is 2.26. The Morgan fingerprint density at radius 2 is 1.75 bits per heavy atom. The summed E-state index contributed by atoms with van der Waals surface area (Å²) in [5.74, 6) is 0.785. The molecule has 1 aliphatic carbocycles. The molecule has 0 saturated heterocycles. The number of pyridine rings is 1. The Bertz CT molecular complexity index is 1360. The van der Waals surface area contributed by atoms with Crippen molar-refractivity contribution in [1.29, 1.82) is 0 Å². The zero-order valence-corrected chi connectivity index (χ0v) is 26.8. The van der Waals surface area contributed by atoms with E-state index in [1.54, 1.807) is 12.3 Å². The molecular weight excluding hydrogens is 552 g/mol. The van der Waals surface area contributed by atoms with E-state index >= 15 is 0 Å². The topological polar surface area (TPSA) is 109 Å². The summed E-state index contributed by atoms with van der Waals surface area (Å²) in [5.41, 5.74) is 4.15. The number of aryl methyl sites for hydroxylation is 3. The van der Waals surface area contributed by atoms with E-state index in [0.29, 0.717) is 37.7 Å². The average molecular weight is 601 g/mol. The summed E-state index contributed by atoms with van der Waals surface area (Å²) in [7, 11) is 0. The molecule has 1 aromatic carbocycles. The predicted octanol–water partition coefficient (Wildman–Crippen LogP) is 5.39. The minimum atomic E-state index is -0.617. The van der Waals surface area contributed by atoms with E-state index in [1.807, 2.05) is 51.1 Å². The zero-order valence-electron chi connectivity index (χ0n) is 26.8. The molecular formula is C35H48N6O3. The van der Waals surface area contributed by atoms with Crippen molar-refractivity contribution in [3.8, 4) is 11.4 Å². The van der Waals surface area contributed by atoms with Crippen molar-refractivity contribution in [2.45, 2.75) is 90.7 Å². The maximum absolute atomic E-state index is 13.3. The smallest absolute Gasteiger partial charge is 0.329 e. The molecule has 0 fully saturated rings. The molecule has 236 valence electrons. The summed E-state index contributed by atoms with van der Waals surface area (Å²) in [4.78, 5) is 41.2. The maximum atomic E-state index is 13.3. The first kappa shape index (κ1) is 33.1. The Hall–Kier alpha value is -3.85. The third-order valence-electron chi connectivity index (χ3n) is 7.63. The van der Waals surface area contributed by atoms with Crippen molar-refractivity contribution in [2.24, 2.45) is 0 Å². The number of nitrogens with zero attached hydrogens (tertiary/aromatic N) is 4. The Morgan fingerprint density at radius 3 is 2.52 bits per heavy atom. The molecule has 2 heterocycles. The number of esters is 1. The first-order valence-electron chi connectivity index (χ1n) is 16.0. The van der Waals surface area contributed by atoms with Crippen LogP contribution in [0.3, 0.4) is 0 Å². The molecule has 0 saturated carbocycles. The van der Waals surface area contributed by atoms with Gasteiger partial charge in [0.1, 0.15) is 17.5 Å². The number of unbranched alkanes of at least 4 members (excludes halogenated alkanes) is 1. The van der Waals surface area contributed by atoms with E-state index in [2.05, 4.69) is 37.6 Å². The van der Waals surface area contributed by atoms with Gasteiger partial charge < -0.3 is 20.3 Å². The van der Waals surface area contributed by atoms with Gasteiger partial charge in [-0.05, 0) is 96.4 Å². The van der Waals surface area contributed by atoms with Gasteiger partial charge in [-0.15, -0.1) is 0 Å². The zero-order chi connectivity index (χ0) is 31.4. The molecule has 0 spiro atoms. The normalized spacial score (nSPS) is 13.7. The molecule has 0 aliphatic heterocycles. The van der Waals surface area contributed by atoms with Crippen molar-refractivity contribution in [2.75, 3.05) is 31.5 Å². The monoisotopic (exact) mass is 600 g/mol. The fourth-order valence-electron chi connectivity index (χ4n) is 5.41. The lowest BCUT2D eigenvalue weighted by Gasteiger charge is -2.28. The van der Waals surface area contributed by atoms with E-state index < -0.39 is 11.6 Å². The van der Waals surface area contributed by atoms with Crippen LogP contribution in [0.4, 0.5) is 5.82 Å². The van der Waals surface area contributed by atoms with Crippen molar-refractivity contribution >= 4 is 17.7 Å². The van der Waals surface area contributed by atoms with Crippen LogP contribution >= 0.6 is 0 Å². The Labute approximate surface area is 262 Å². The predicted molar refractivity (Wildman–Crippen MR) is 174 cm³/mol. The van der Waals surface area contributed by atoms with Gasteiger partial charge in [0, 0.05) is 49.7 Å². The van der Waals surface area contributed by atoms with Crippen molar-refractivity contribution in [1.82, 2.24) is 25.2 Å². The van der Waals surface area contributed by atoms with E-state index in [9.17, 15) is 9.59 Å². The highest BCUT2D eigenvalue weighted by Crippen LogP contribution is 2.21. The molecule has 0 radical (unpaired) electrons. The van der Waals surface area contributed by atoms with Crippen LogP contribution in [0.25, 0.3) is 11.4 Å². The van der Waals surface area contributed by atoms with Crippen molar-refractivity contribution < 1.29 is 14.3 Å². The number of benzene rings is 1. The van der Waals surface area contributed by atoms with E-state index in [0.717, 1.165) is 44.2 Å². The van der Waals surface area contributed by atoms with E-state index in [-0.39, 0.29) is 11.9 Å². The molecule has 1 aliphatic rings. The fraction of sp³-hybridized carbons (Fsp3) is 0.514. The minimum absolute atomic E-state index is 0.0466. The molecule has 0 unspecified atom stereocenters. The van der Waals surface area contributed by atoms with Crippen molar-refractivity contribution in [3.63, 3.8) is 0 Å². The van der Waals surface area contributed by atoms with E-state index in [4.69, 9.17) is 9.72 Å².